The lowest BCUT2D eigenvalue weighted by Crippen LogP contribution is -2.58. The zero-order valence-electron chi connectivity index (χ0n) is 17.3. The van der Waals surface area contributed by atoms with Gasteiger partial charge in [0.25, 0.3) is 0 Å². The quantitative estimate of drug-likeness (QED) is 0.630. The number of nitrogens with zero attached hydrogens (tertiary/aromatic N) is 3. The molecule has 1 atom stereocenters. The molecule has 1 aliphatic rings. The molecule has 8 nitrogen and oxygen atoms in total. The number of ether oxygens (including phenoxy) is 1. The summed E-state index contributed by atoms with van der Waals surface area (Å²) in [6.07, 6.45) is 1.08. The Morgan fingerprint density at radius 3 is 2.71 bits per heavy atom. The third-order valence-corrected chi connectivity index (χ3v) is 5.31. The molecule has 2 aromatic carbocycles. The fourth-order valence-electron chi connectivity index (χ4n) is 3.61. The summed E-state index contributed by atoms with van der Waals surface area (Å²) in [7, 11) is 1.62. The highest BCUT2D eigenvalue weighted by atomic mass is 16.5. The molecule has 0 radical (unpaired) electrons. The molecule has 0 saturated carbocycles. The molecule has 1 aliphatic heterocycles. The van der Waals surface area contributed by atoms with Crippen molar-refractivity contribution in [1.82, 2.24) is 20.4 Å². The van der Waals surface area contributed by atoms with Crippen LogP contribution in [0.25, 0.3) is 11.4 Å². The molecule has 1 aromatic heterocycles. The molecule has 2 amide bonds. The zero-order chi connectivity index (χ0) is 21.6. The number of carbonyl (C=O) groups is 2. The van der Waals surface area contributed by atoms with Gasteiger partial charge >= 0.3 is 0 Å². The average Bonchev–Trinajstić information content (AvgIpc) is 3.28. The van der Waals surface area contributed by atoms with Crippen LogP contribution in [0.5, 0.6) is 5.75 Å². The van der Waals surface area contributed by atoms with Crippen LogP contribution in [-0.2, 0) is 22.4 Å². The first-order valence-corrected chi connectivity index (χ1v) is 10.2. The van der Waals surface area contributed by atoms with E-state index in [1.165, 1.54) is 0 Å². The molecule has 2 heterocycles. The van der Waals surface area contributed by atoms with E-state index in [0.29, 0.717) is 37.6 Å². The van der Waals surface area contributed by atoms with E-state index in [4.69, 9.17) is 9.26 Å². The predicted molar refractivity (Wildman–Crippen MR) is 113 cm³/mol. The molecule has 0 bridgehead atoms. The third-order valence-electron chi connectivity index (χ3n) is 5.31. The monoisotopic (exact) mass is 420 g/mol. The maximum Gasteiger partial charge on any atom is 0.243 e. The lowest BCUT2D eigenvalue weighted by atomic mass is 10.1. The number of methoxy groups -OCH3 is 1. The van der Waals surface area contributed by atoms with Gasteiger partial charge in [0.05, 0.1) is 13.5 Å². The van der Waals surface area contributed by atoms with Gasteiger partial charge in [-0.25, -0.2) is 0 Å². The molecule has 1 unspecified atom stereocenters. The number of nitrogens with one attached hydrogen (secondary N) is 1. The summed E-state index contributed by atoms with van der Waals surface area (Å²) in [5, 5.41) is 6.83. The van der Waals surface area contributed by atoms with Gasteiger partial charge < -0.3 is 19.5 Å². The third kappa shape index (κ3) is 4.91. The average molecular weight is 420 g/mol. The molecule has 0 aliphatic carbocycles. The smallest absolute Gasteiger partial charge is 0.243 e. The van der Waals surface area contributed by atoms with Crippen LogP contribution in [-0.4, -0.2) is 53.1 Å². The summed E-state index contributed by atoms with van der Waals surface area (Å²) >= 11 is 0. The van der Waals surface area contributed by atoms with E-state index in [9.17, 15) is 9.59 Å². The maximum atomic E-state index is 12.9. The van der Waals surface area contributed by atoms with E-state index in [-0.39, 0.29) is 18.2 Å². The van der Waals surface area contributed by atoms with Crippen molar-refractivity contribution in [1.29, 1.82) is 0 Å². The fourth-order valence-corrected chi connectivity index (χ4v) is 3.61. The van der Waals surface area contributed by atoms with Gasteiger partial charge in [0.2, 0.25) is 23.5 Å². The molecule has 3 aromatic rings. The second-order valence-electron chi connectivity index (χ2n) is 7.32. The molecule has 1 N–H and O–H groups in total. The Morgan fingerprint density at radius 2 is 1.97 bits per heavy atom. The van der Waals surface area contributed by atoms with Crippen molar-refractivity contribution in [3.63, 3.8) is 0 Å². The van der Waals surface area contributed by atoms with Crippen LogP contribution < -0.4 is 10.1 Å². The van der Waals surface area contributed by atoms with E-state index < -0.39 is 6.04 Å². The second-order valence-corrected chi connectivity index (χ2v) is 7.32. The minimum absolute atomic E-state index is 0.0709. The fraction of sp³-hybridized carbons (Fsp3) is 0.304. The number of hydrogen-bond acceptors (Lipinski definition) is 6. The van der Waals surface area contributed by atoms with Crippen LogP contribution in [0.4, 0.5) is 0 Å². The van der Waals surface area contributed by atoms with Crippen molar-refractivity contribution in [2.75, 3.05) is 20.2 Å². The number of aryl methyl sites for hydroxylation is 1. The van der Waals surface area contributed by atoms with E-state index >= 15 is 0 Å². The first-order chi connectivity index (χ1) is 15.1. The van der Waals surface area contributed by atoms with Gasteiger partial charge in [0, 0.05) is 25.1 Å². The molecule has 31 heavy (non-hydrogen) atoms. The minimum Gasteiger partial charge on any atom is -0.497 e. The summed E-state index contributed by atoms with van der Waals surface area (Å²) < 4.78 is 10.5. The van der Waals surface area contributed by atoms with Crippen LogP contribution in [0.2, 0.25) is 0 Å². The number of benzene rings is 2. The van der Waals surface area contributed by atoms with E-state index in [0.717, 1.165) is 16.9 Å². The summed E-state index contributed by atoms with van der Waals surface area (Å²) in [6.45, 7) is 0.889. The Balaban J connectivity index is 1.42. The van der Waals surface area contributed by atoms with Gasteiger partial charge in [-0.05, 0) is 24.1 Å². The number of amides is 2. The Labute approximate surface area is 180 Å². The van der Waals surface area contributed by atoms with Crippen molar-refractivity contribution in [2.24, 2.45) is 0 Å². The number of rotatable bonds is 7. The van der Waals surface area contributed by atoms with Crippen molar-refractivity contribution < 1.29 is 18.8 Å². The van der Waals surface area contributed by atoms with Crippen molar-refractivity contribution in [3.05, 3.63) is 66.1 Å². The highest BCUT2D eigenvalue weighted by molar-refractivity contribution is 5.89. The Bertz CT molecular complexity index is 1030. The number of aromatic nitrogens is 2. The number of carbonyl (C=O) groups excluding carboxylic acids is 2. The van der Waals surface area contributed by atoms with Crippen molar-refractivity contribution in [3.8, 4) is 17.1 Å². The van der Waals surface area contributed by atoms with Gasteiger partial charge in [-0.1, -0.05) is 47.6 Å². The SMILES string of the molecule is COc1ccc(CCC(=O)N2CCNC(=O)C2Cc2nc(-c3ccccc3)no2)cc1. The second kappa shape index (κ2) is 9.42. The molecular formula is C23H24N4O4. The van der Waals surface area contributed by atoms with Crippen molar-refractivity contribution in [2.45, 2.75) is 25.3 Å². The Kier molecular flexibility index (Phi) is 6.26. The van der Waals surface area contributed by atoms with Gasteiger partial charge in [-0.15, -0.1) is 0 Å². The van der Waals surface area contributed by atoms with E-state index in [1.54, 1.807) is 12.0 Å². The standard InChI is InChI=1S/C23H24N4O4/c1-30-18-10-7-16(8-11-18)9-12-21(28)27-14-13-24-23(29)19(27)15-20-25-22(26-31-20)17-5-3-2-4-6-17/h2-8,10-11,19H,9,12-15H2,1H3,(H,24,29). The number of hydrogen-bond donors (Lipinski definition) is 1. The van der Waals surface area contributed by atoms with Crippen LogP contribution in [0.3, 0.4) is 0 Å². The summed E-state index contributed by atoms with van der Waals surface area (Å²) in [5.74, 6) is 1.29. The first-order valence-electron chi connectivity index (χ1n) is 10.2. The highest BCUT2D eigenvalue weighted by Gasteiger charge is 2.34. The van der Waals surface area contributed by atoms with E-state index in [1.807, 2.05) is 54.6 Å². The topological polar surface area (TPSA) is 97.6 Å². The van der Waals surface area contributed by atoms with Gasteiger partial charge in [0.1, 0.15) is 11.8 Å². The van der Waals surface area contributed by atoms with Gasteiger partial charge in [-0.2, -0.15) is 4.98 Å². The lowest BCUT2D eigenvalue weighted by molar-refractivity contribution is -0.143. The molecule has 1 fully saturated rings. The maximum absolute atomic E-state index is 12.9. The zero-order valence-corrected chi connectivity index (χ0v) is 17.3. The lowest BCUT2D eigenvalue weighted by Gasteiger charge is -2.34. The molecular weight excluding hydrogens is 396 g/mol. The van der Waals surface area contributed by atoms with Gasteiger partial charge in [0.15, 0.2) is 0 Å². The normalized spacial score (nSPS) is 16.1. The Morgan fingerprint density at radius 1 is 1.19 bits per heavy atom. The molecule has 1 saturated heterocycles. The van der Waals surface area contributed by atoms with Crippen LogP contribution in [0.15, 0.2) is 59.1 Å². The summed E-state index contributed by atoms with van der Waals surface area (Å²) in [4.78, 5) is 31.5. The van der Waals surface area contributed by atoms with Crippen LogP contribution in [0, 0.1) is 0 Å². The largest absolute Gasteiger partial charge is 0.497 e. The minimum atomic E-state index is -0.666. The van der Waals surface area contributed by atoms with Crippen LogP contribution in [0.1, 0.15) is 17.9 Å². The summed E-state index contributed by atoms with van der Waals surface area (Å²) in [5.41, 5.74) is 1.87. The highest BCUT2D eigenvalue weighted by Crippen LogP contribution is 2.19. The Hall–Kier alpha value is -3.68. The summed E-state index contributed by atoms with van der Waals surface area (Å²) in [6, 6.07) is 16.4. The number of piperazine rings is 1. The van der Waals surface area contributed by atoms with E-state index in [2.05, 4.69) is 15.5 Å². The molecule has 4 rings (SSSR count). The molecule has 8 heteroatoms. The van der Waals surface area contributed by atoms with Crippen molar-refractivity contribution >= 4 is 11.8 Å². The van der Waals surface area contributed by atoms with Crippen LogP contribution >= 0.6 is 0 Å². The molecule has 160 valence electrons. The van der Waals surface area contributed by atoms with Gasteiger partial charge in [-0.3, -0.25) is 9.59 Å². The predicted octanol–water partition coefficient (Wildman–Crippen LogP) is 2.25. The first kappa shape index (κ1) is 20.6. The molecule has 0 spiro atoms.